The monoisotopic (exact) mass is 428 g/mol. The highest BCUT2D eigenvalue weighted by Crippen LogP contribution is 2.35. The number of nitrogens with zero attached hydrogens (tertiary/aromatic N) is 4. The van der Waals surface area contributed by atoms with Crippen molar-refractivity contribution in [3.8, 4) is 5.75 Å². The Labute approximate surface area is 180 Å². The van der Waals surface area contributed by atoms with E-state index in [1.54, 1.807) is 30.2 Å². The van der Waals surface area contributed by atoms with Crippen molar-refractivity contribution in [3.63, 3.8) is 0 Å². The zero-order valence-corrected chi connectivity index (χ0v) is 19.0. The molecule has 1 aliphatic rings. The van der Waals surface area contributed by atoms with Crippen LogP contribution in [-0.2, 0) is 12.2 Å². The first kappa shape index (κ1) is 20.4. The summed E-state index contributed by atoms with van der Waals surface area (Å²) in [5.41, 5.74) is 3.24. The number of aromatic nitrogens is 4. The average Bonchev–Trinajstić information content (AvgIpc) is 3.39. The Morgan fingerprint density at radius 3 is 2.76 bits per heavy atom. The molecule has 4 rings (SSSR count). The predicted molar refractivity (Wildman–Crippen MR) is 119 cm³/mol. The summed E-state index contributed by atoms with van der Waals surface area (Å²) in [5, 5.41) is 12.3. The zero-order valence-electron chi connectivity index (χ0n) is 17.4. The maximum Gasteiger partial charge on any atom is 0.191 e. The number of aryl methyl sites for hydroxylation is 1. The summed E-state index contributed by atoms with van der Waals surface area (Å²) in [4.78, 5) is 5.99. The summed E-state index contributed by atoms with van der Waals surface area (Å²) >= 11 is 3.53. The molecule has 5 nitrogen and oxygen atoms in total. The van der Waals surface area contributed by atoms with Gasteiger partial charge in [0.25, 0.3) is 0 Å². The molecule has 29 heavy (non-hydrogen) atoms. The second kappa shape index (κ2) is 9.30. The lowest BCUT2D eigenvalue weighted by atomic mass is 9.95. The molecule has 0 aliphatic heterocycles. The van der Waals surface area contributed by atoms with E-state index in [1.807, 2.05) is 13.1 Å². The van der Waals surface area contributed by atoms with Gasteiger partial charge in [0.15, 0.2) is 5.16 Å². The fourth-order valence-corrected chi connectivity index (χ4v) is 5.90. The fraction of sp³-hybridized carbons (Fsp3) is 0.500. The van der Waals surface area contributed by atoms with Crippen molar-refractivity contribution in [1.29, 1.82) is 0 Å². The summed E-state index contributed by atoms with van der Waals surface area (Å²) in [6, 6.07) is 4.80. The third kappa shape index (κ3) is 4.51. The van der Waals surface area contributed by atoms with Gasteiger partial charge in [-0.05, 0) is 38.1 Å². The highest BCUT2D eigenvalue weighted by molar-refractivity contribution is 7.98. The second-order valence-electron chi connectivity index (χ2n) is 7.65. The third-order valence-electron chi connectivity index (χ3n) is 5.68. The maximum absolute atomic E-state index is 5.57. The molecule has 1 aliphatic carbocycles. The molecule has 0 bridgehead atoms. The van der Waals surface area contributed by atoms with Crippen LogP contribution in [0.15, 0.2) is 28.9 Å². The summed E-state index contributed by atoms with van der Waals surface area (Å²) < 4.78 is 7.99. The van der Waals surface area contributed by atoms with Crippen molar-refractivity contribution < 1.29 is 4.74 Å². The topological polar surface area (TPSA) is 52.8 Å². The molecule has 1 saturated carbocycles. The van der Waals surface area contributed by atoms with Gasteiger partial charge in [-0.3, -0.25) is 4.98 Å². The molecule has 3 heterocycles. The number of hydrogen-bond donors (Lipinski definition) is 0. The van der Waals surface area contributed by atoms with E-state index >= 15 is 0 Å². The first-order valence-corrected chi connectivity index (χ1v) is 12.1. The molecule has 7 heteroatoms. The Balaban J connectivity index is 1.59. The minimum atomic E-state index is 0.512. The lowest BCUT2D eigenvalue weighted by molar-refractivity contribution is 0.330. The van der Waals surface area contributed by atoms with Gasteiger partial charge in [0.1, 0.15) is 11.6 Å². The Morgan fingerprint density at radius 2 is 2.03 bits per heavy atom. The molecule has 0 N–H and O–H groups in total. The van der Waals surface area contributed by atoms with E-state index in [1.165, 1.54) is 37.0 Å². The van der Waals surface area contributed by atoms with Crippen molar-refractivity contribution in [2.45, 2.75) is 69.3 Å². The molecule has 0 saturated heterocycles. The first-order chi connectivity index (χ1) is 14.2. The average molecular weight is 429 g/mol. The SMILES string of the molecule is COc1c(C)cnc(CSc2nnc(Cc3cccs3)n2C2CCCCC2)c1C. The third-order valence-corrected chi connectivity index (χ3v) is 7.51. The van der Waals surface area contributed by atoms with Crippen LogP contribution in [0.3, 0.4) is 0 Å². The quantitative estimate of drug-likeness (QED) is 0.449. The summed E-state index contributed by atoms with van der Waals surface area (Å²) in [6.45, 7) is 4.12. The Bertz CT molecular complexity index is 946. The predicted octanol–water partition coefficient (Wildman–Crippen LogP) is 5.75. The number of thioether (sulfide) groups is 1. The van der Waals surface area contributed by atoms with Crippen LogP contribution in [-0.4, -0.2) is 26.9 Å². The number of methoxy groups -OCH3 is 1. The molecular weight excluding hydrogens is 400 g/mol. The van der Waals surface area contributed by atoms with Crippen LogP contribution in [0.25, 0.3) is 0 Å². The fourth-order valence-electron chi connectivity index (χ4n) is 4.15. The largest absolute Gasteiger partial charge is 0.496 e. The van der Waals surface area contributed by atoms with Crippen LogP contribution in [0.2, 0.25) is 0 Å². The van der Waals surface area contributed by atoms with Crippen molar-refractivity contribution >= 4 is 23.1 Å². The van der Waals surface area contributed by atoms with E-state index in [-0.39, 0.29) is 0 Å². The van der Waals surface area contributed by atoms with Gasteiger partial charge in [0, 0.05) is 40.4 Å². The lowest BCUT2D eigenvalue weighted by Crippen LogP contribution is -2.16. The summed E-state index contributed by atoms with van der Waals surface area (Å²) in [7, 11) is 1.73. The number of thiophene rings is 1. The van der Waals surface area contributed by atoms with E-state index < -0.39 is 0 Å². The second-order valence-corrected chi connectivity index (χ2v) is 9.63. The van der Waals surface area contributed by atoms with Crippen molar-refractivity contribution in [2.24, 2.45) is 0 Å². The van der Waals surface area contributed by atoms with Crippen LogP contribution in [0.5, 0.6) is 5.75 Å². The minimum Gasteiger partial charge on any atom is -0.496 e. The van der Waals surface area contributed by atoms with Crippen LogP contribution in [0, 0.1) is 13.8 Å². The zero-order chi connectivity index (χ0) is 20.2. The Kier molecular flexibility index (Phi) is 6.55. The van der Waals surface area contributed by atoms with Gasteiger partial charge in [0.05, 0.1) is 12.8 Å². The molecule has 0 amide bonds. The van der Waals surface area contributed by atoms with Gasteiger partial charge < -0.3 is 9.30 Å². The Morgan fingerprint density at radius 1 is 1.21 bits per heavy atom. The molecule has 154 valence electrons. The smallest absolute Gasteiger partial charge is 0.191 e. The number of rotatable bonds is 7. The molecular formula is C22H28N4OS2. The van der Waals surface area contributed by atoms with Gasteiger partial charge in [-0.25, -0.2) is 0 Å². The van der Waals surface area contributed by atoms with Crippen molar-refractivity contribution in [3.05, 3.63) is 51.2 Å². The van der Waals surface area contributed by atoms with Gasteiger partial charge in [-0.15, -0.1) is 21.5 Å². The minimum absolute atomic E-state index is 0.512. The number of pyridine rings is 1. The molecule has 1 fully saturated rings. The lowest BCUT2D eigenvalue weighted by Gasteiger charge is -2.25. The van der Waals surface area contributed by atoms with Gasteiger partial charge in [-0.2, -0.15) is 0 Å². The molecule has 0 aromatic carbocycles. The van der Waals surface area contributed by atoms with Gasteiger partial charge in [0.2, 0.25) is 0 Å². The van der Waals surface area contributed by atoms with Gasteiger partial charge >= 0.3 is 0 Å². The molecule has 0 spiro atoms. The molecule has 0 radical (unpaired) electrons. The molecule has 0 atom stereocenters. The Hall–Kier alpha value is -1.86. The number of hydrogen-bond acceptors (Lipinski definition) is 6. The van der Waals surface area contributed by atoms with Crippen molar-refractivity contribution in [1.82, 2.24) is 19.7 Å². The van der Waals surface area contributed by atoms with Crippen LogP contribution in [0.4, 0.5) is 0 Å². The molecule has 0 unspecified atom stereocenters. The van der Waals surface area contributed by atoms with E-state index in [0.717, 1.165) is 45.7 Å². The van der Waals surface area contributed by atoms with E-state index in [9.17, 15) is 0 Å². The van der Waals surface area contributed by atoms with E-state index in [2.05, 4.69) is 44.2 Å². The van der Waals surface area contributed by atoms with Crippen LogP contribution < -0.4 is 4.74 Å². The maximum atomic E-state index is 5.57. The standard InChI is InChI=1S/C22H28N4OS2/c1-15-13-23-19(16(2)21(15)27-3)14-29-22-25-24-20(12-18-10-7-11-28-18)26(22)17-8-5-4-6-9-17/h7,10-11,13,17H,4-6,8-9,12,14H2,1-3H3. The molecule has 3 aromatic rings. The highest BCUT2D eigenvalue weighted by Gasteiger charge is 2.23. The first-order valence-electron chi connectivity index (χ1n) is 10.3. The van der Waals surface area contributed by atoms with E-state index in [0.29, 0.717) is 6.04 Å². The molecule has 3 aromatic heterocycles. The van der Waals surface area contributed by atoms with Gasteiger partial charge in [-0.1, -0.05) is 37.1 Å². The van der Waals surface area contributed by atoms with Crippen molar-refractivity contribution in [2.75, 3.05) is 7.11 Å². The van der Waals surface area contributed by atoms with Crippen LogP contribution in [0.1, 0.15) is 65.7 Å². The summed E-state index contributed by atoms with van der Waals surface area (Å²) in [6.07, 6.45) is 9.13. The summed E-state index contributed by atoms with van der Waals surface area (Å²) in [5.74, 6) is 2.79. The highest BCUT2D eigenvalue weighted by atomic mass is 32.2. The number of ether oxygens (including phenoxy) is 1. The van der Waals surface area contributed by atoms with Crippen LogP contribution >= 0.6 is 23.1 Å². The normalized spacial score (nSPS) is 15.0. The van der Waals surface area contributed by atoms with E-state index in [4.69, 9.17) is 4.74 Å².